The molecule has 30 heavy (non-hydrogen) atoms. The van der Waals surface area contributed by atoms with Crippen molar-refractivity contribution in [3.8, 4) is 11.1 Å². The fourth-order valence-electron chi connectivity index (χ4n) is 4.16. The molecule has 152 valence electrons. The Morgan fingerprint density at radius 3 is 2.43 bits per heavy atom. The lowest BCUT2D eigenvalue weighted by molar-refractivity contribution is 0.260. The zero-order valence-corrected chi connectivity index (χ0v) is 18.1. The molecule has 1 aliphatic heterocycles. The van der Waals surface area contributed by atoms with Crippen LogP contribution in [0.4, 0.5) is 5.82 Å². The third-order valence-electron chi connectivity index (χ3n) is 5.94. The molecule has 2 aromatic heterocycles. The topological polar surface area (TPSA) is 32.3 Å². The van der Waals surface area contributed by atoms with Gasteiger partial charge in [0, 0.05) is 43.7 Å². The SMILES string of the molecule is Cc1ccc(-c2csc3ncnc(N4CCN(CCc5ccccc5)CC4)c23)cc1. The summed E-state index contributed by atoms with van der Waals surface area (Å²) >= 11 is 1.71. The van der Waals surface area contributed by atoms with Gasteiger partial charge in [0.2, 0.25) is 0 Å². The smallest absolute Gasteiger partial charge is 0.141 e. The van der Waals surface area contributed by atoms with Gasteiger partial charge in [0.1, 0.15) is 17.0 Å². The van der Waals surface area contributed by atoms with Crippen LogP contribution in [0.25, 0.3) is 21.3 Å². The Hall–Kier alpha value is -2.76. The number of piperazine rings is 1. The fourth-order valence-corrected chi connectivity index (χ4v) is 5.07. The molecular formula is C25H26N4S. The molecule has 0 saturated carbocycles. The van der Waals surface area contributed by atoms with E-state index in [1.807, 2.05) is 0 Å². The Labute approximate surface area is 181 Å². The zero-order valence-electron chi connectivity index (χ0n) is 17.3. The van der Waals surface area contributed by atoms with Crippen molar-refractivity contribution in [3.05, 3.63) is 77.4 Å². The Morgan fingerprint density at radius 1 is 0.900 bits per heavy atom. The second kappa shape index (κ2) is 8.54. The average molecular weight is 415 g/mol. The number of benzene rings is 2. The van der Waals surface area contributed by atoms with E-state index in [4.69, 9.17) is 4.98 Å². The summed E-state index contributed by atoms with van der Waals surface area (Å²) in [7, 11) is 0. The van der Waals surface area contributed by atoms with Crippen LogP contribution in [-0.4, -0.2) is 47.6 Å². The third-order valence-corrected chi connectivity index (χ3v) is 6.83. The molecular weight excluding hydrogens is 388 g/mol. The number of hydrogen-bond donors (Lipinski definition) is 0. The molecule has 0 amide bonds. The quantitative estimate of drug-likeness (QED) is 0.458. The minimum absolute atomic E-state index is 1.00. The van der Waals surface area contributed by atoms with E-state index >= 15 is 0 Å². The van der Waals surface area contributed by atoms with Crippen molar-refractivity contribution in [1.29, 1.82) is 0 Å². The molecule has 4 aromatic rings. The highest BCUT2D eigenvalue weighted by Crippen LogP contribution is 2.38. The summed E-state index contributed by atoms with van der Waals surface area (Å²) in [6.45, 7) is 7.39. The van der Waals surface area contributed by atoms with Gasteiger partial charge >= 0.3 is 0 Å². The van der Waals surface area contributed by atoms with E-state index in [1.165, 1.54) is 27.6 Å². The number of aryl methyl sites for hydroxylation is 1. The first-order chi connectivity index (χ1) is 14.8. The van der Waals surface area contributed by atoms with Crippen molar-refractivity contribution in [3.63, 3.8) is 0 Å². The summed E-state index contributed by atoms with van der Waals surface area (Å²) in [4.78, 5) is 15.4. The predicted octanol–water partition coefficient (Wildman–Crippen LogP) is 5.03. The Kier molecular flexibility index (Phi) is 5.47. The first-order valence-corrected chi connectivity index (χ1v) is 11.5. The number of fused-ring (bicyclic) bond motifs is 1. The Bertz CT molecular complexity index is 1110. The molecule has 0 atom stereocenters. The lowest BCUT2D eigenvalue weighted by Gasteiger charge is -2.35. The standard InChI is InChI=1S/C25H26N4S/c1-19-7-9-21(10-8-19)22-17-30-25-23(22)24(26-18-27-25)29-15-13-28(14-16-29)12-11-20-5-3-2-4-6-20/h2-10,17-18H,11-16H2,1H3. The Balaban J connectivity index is 1.33. The second-order valence-electron chi connectivity index (χ2n) is 7.96. The van der Waals surface area contributed by atoms with E-state index < -0.39 is 0 Å². The molecule has 0 unspecified atom stereocenters. The number of rotatable bonds is 5. The predicted molar refractivity (Wildman–Crippen MR) is 126 cm³/mol. The van der Waals surface area contributed by atoms with Crippen LogP contribution in [0, 0.1) is 6.92 Å². The minimum atomic E-state index is 1.00. The second-order valence-corrected chi connectivity index (χ2v) is 8.82. The van der Waals surface area contributed by atoms with E-state index in [0.29, 0.717) is 0 Å². The summed E-state index contributed by atoms with van der Waals surface area (Å²) in [5, 5.41) is 3.42. The fraction of sp³-hybridized carbons (Fsp3) is 0.280. The molecule has 3 heterocycles. The lowest BCUT2D eigenvalue weighted by Crippen LogP contribution is -2.47. The van der Waals surface area contributed by atoms with Gasteiger partial charge in [0.25, 0.3) is 0 Å². The number of thiophene rings is 1. The summed E-state index contributed by atoms with van der Waals surface area (Å²) in [5.41, 5.74) is 5.18. The normalized spacial score (nSPS) is 15.0. The molecule has 4 nitrogen and oxygen atoms in total. The van der Waals surface area contributed by atoms with E-state index in [-0.39, 0.29) is 0 Å². The van der Waals surface area contributed by atoms with Crippen LogP contribution in [0.15, 0.2) is 66.3 Å². The van der Waals surface area contributed by atoms with Crippen LogP contribution in [-0.2, 0) is 6.42 Å². The van der Waals surface area contributed by atoms with Crippen LogP contribution >= 0.6 is 11.3 Å². The Morgan fingerprint density at radius 2 is 1.67 bits per heavy atom. The molecule has 0 radical (unpaired) electrons. The molecule has 1 fully saturated rings. The van der Waals surface area contributed by atoms with Gasteiger partial charge in [0.15, 0.2) is 0 Å². The molecule has 1 saturated heterocycles. The summed E-state index contributed by atoms with van der Waals surface area (Å²) in [5.74, 6) is 1.08. The number of hydrogen-bond acceptors (Lipinski definition) is 5. The summed E-state index contributed by atoms with van der Waals surface area (Å²) in [6.07, 6.45) is 2.83. The van der Waals surface area contributed by atoms with Gasteiger partial charge in [-0.3, -0.25) is 4.90 Å². The van der Waals surface area contributed by atoms with Gasteiger partial charge in [-0.25, -0.2) is 9.97 Å². The maximum atomic E-state index is 4.73. The molecule has 5 rings (SSSR count). The van der Waals surface area contributed by atoms with Gasteiger partial charge < -0.3 is 4.90 Å². The average Bonchev–Trinajstić information content (AvgIpc) is 3.24. The van der Waals surface area contributed by atoms with Crippen molar-refractivity contribution in [2.45, 2.75) is 13.3 Å². The van der Waals surface area contributed by atoms with Crippen LogP contribution in [0.5, 0.6) is 0 Å². The molecule has 1 aliphatic rings. The van der Waals surface area contributed by atoms with Crippen LogP contribution in [0.1, 0.15) is 11.1 Å². The zero-order chi connectivity index (χ0) is 20.3. The van der Waals surface area contributed by atoms with Gasteiger partial charge in [-0.1, -0.05) is 60.2 Å². The minimum Gasteiger partial charge on any atom is -0.353 e. The monoisotopic (exact) mass is 414 g/mol. The van der Waals surface area contributed by atoms with Crippen LogP contribution in [0.3, 0.4) is 0 Å². The number of nitrogens with zero attached hydrogens (tertiary/aromatic N) is 4. The van der Waals surface area contributed by atoms with Crippen molar-refractivity contribution in [2.24, 2.45) is 0 Å². The van der Waals surface area contributed by atoms with Crippen molar-refractivity contribution >= 4 is 27.4 Å². The first kappa shape index (κ1) is 19.2. The maximum Gasteiger partial charge on any atom is 0.141 e. The maximum absolute atomic E-state index is 4.73. The van der Waals surface area contributed by atoms with Gasteiger partial charge in [-0.15, -0.1) is 11.3 Å². The highest BCUT2D eigenvalue weighted by molar-refractivity contribution is 7.17. The van der Waals surface area contributed by atoms with E-state index in [9.17, 15) is 0 Å². The number of aromatic nitrogens is 2. The van der Waals surface area contributed by atoms with Gasteiger partial charge in [-0.2, -0.15) is 0 Å². The van der Waals surface area contributed by atoms with Crippen molar-refractivity contribution in [2.75, 3.05) is 37.6 Å². The molecule has 0 bridgehead atoms. The van der Waals surface area contributed by atoms with Crippen LogP contribution in [0.2, 0.25) is 0 Å². The highest BCUT2D eigenvalue weighted by Gasteiger charge is 2.22. The van der Waals surface area contributed by atoms with E-state index in [0.717, 1.165) is 49.8 Å². The lowest BCUT2D eigenvalue weighted by atomic mass is 10.0. The third kappa shape index (κ3) is 3.95. The molecule has 0 N–H and O–H groups in total. The summed E-state index contributed by atoms with van der Waals surface area (Å²) in [6, 6.07) is 19.5. The van der Waals surface area contributed by atoms with Gasteiger partial charge in [-0.05, 0) is 24.5 Å². The molecule has 2 aromatic carbocycles. The van der Waals surface area contributed by atoms with E-state index in [2.05, 4.69) is 81.7 Å². The largest absolute Gasteiger partial charge is 0.353 e. The van der Waals surface area contributed by atoms with Crippen LogP contribution < -0.4 is 4.90 Å². The summed E-state index contributed by atoms with van der Waals surface area (Å²) < 4.78 is 0. The number of anilines is 1. The molecule has 0 aliphatic carbocycles. The van der Waals surface area contributed by atoms with Gasteiger partial charge in [0.05, 0.1) is 5.39 Å². The highest BCUT2D eigenvalue weighted by atomic mass is 32.1. The molecule has 5 heteroatoms. The molecule has 0 spiro atoms. The van der Waals surface area contributed by atoms with Crippen molar-refractivity contribution < 1.29 is 0 Å². The first-order valence-electron chi connectivity index (χ1n) is 10.6. The van der Waals surface area contributed by atoms with E-state index in [1.54, 1.807) is 17.7 Å². The van der Waals surface area contributed by atoms with Crippen molar-refractivity contribution in [1.82, 2.24) is 14.9 Å².